The first-order valence-electron chi connectivity index (χ1n) is 8.12. The van der Waals surface area contributed by atoms with Crippen LogP contribution in [-0.2, 0) is 15.9 Å². The molecule has 1 fully saturated rings. The van der Waals surface area contributed by atoms with Gasteiger partial charge in [0, 0.05) is 44.1 Å². The van der Waals surface area contributed by atoms with Crippen molar-refractivity contribution in [1.82, 2.24) is 10.6 Å². The van der Waals surface area contributed by atoms with E-state index in [1.807, 2.05) is 0 Å². The van der Waals surface area contributed by atoms with E-state index < -0.39 is 0 Å². The van der Waals surface area contributed by atoms with E-state index >= 15 is 0 Å². The van der Waals surface area contributed by atoms with Gasteiger partial charge in [0.05, 0.1) is 17.0 Å². The fourth-order valence-corrected chi connectivity index (χ4v) is 3.84. The summed E-state index contributed by atoms with van der Waals surface area (Å²) in [4.78, 5) is 5.60. The van der Waals surface area contributed by atoms with Gasteiger partial charge < -0.3 is 20.1 Å². The van der Waals surface area contributed by atoms with E-state index in [2.05, 4.69) is 43.7 Å². The van der Waals surface area contributed by atoms with Crippen molar-refractivity contribution >= 4 is 57.2 Å². The molecule has 24 heavy (non-hydrogen) atoms. The van der Waals surface area contributed by atoms with E-state index in [1.54, 1.807) is 18.4 Å². The molecule has 1 atom stereocenters. The van der Waals surface area contributed by atoms with Gasteiger partial charge in [0.25, 0.3) is 0 Å². The molecule has 0 spiro atoms. The van der Waals surface area contributed by atoms with Crippen molar-refractivity contribution in [1.29, 1.82) is 0 Å². The molecule has 138 valence electrons. The van der Waals surface area contributed by atoms with Gasteiger partial charge in [-0.1, -0.05) is 0 Å². The highest BCUT2D eigenvalue weighted by atomic mass is 127. The number of nitrogens with one attached hydrogen (secondary N) is 2. The molecule has 2 N–H and O–H groups in total. The number of hydrogen-bond donors (Lipinski definition) is 2. The molecule has 0 amide bonds. The molecule has 0 aromatic carbocycles. The molecule has 0 saturated carbocycles. The Balaban J connectivity index is 0.00000288. The van der Waals surface area contributed by atoms with E-state index in [-0.39, 0.29) is 24.0 Å². The van der Waals surface area contributed by atoms with E-state index in [1.165, 1.54) is 8.66 Å². The standard InChI is InChI=1S/C16H26BrN3O2S.HI/c1-18-16(20-8-5-14-3-4-15(17)23-14)19-7-2-9-21-11-13-6-10-22-12-13;/h3-4,13H,2,5-12H2,1H3,(H2,18,19,20);1H. The van der Waals surface area contributed by atoms with Gasteiger partial charge in [-0.3, -0.25) is 4.99 Å². The maximum absolute atomic E-state index is 5.69. The van der Waals surface area contributed by atoms with Gasteiger partial charge >= 0.3 is 0 Å². The maximum atomic E-state index is 5.69. The summed E-state index contributed by atoms with van der Waals surface area (Å²) < 4.78 is 12.2. The number of guanidine groups is 1. The summed E-state index contributed by atoms with van der Waals surface area (Å²) in [5.74, 6) is 1.44. The first-order chi connectivity index (χ1) is 11.3. The fourth-order valence-electron chi connectivity index (χ4n) is 2.36. The molecule has 0 aliphatic carbocycles. The number of halogens is 2. The van der Waals surface area contributed by atoms with Crippen molar-refractivity contribution in [2.75, 3.05) is 46.6 Å². The number of aliphatic imine (C=N–C) groups is 1. The molecule has 1 aliphatic rings. The second kappa shape index (κ2) is 13.3. The number of nitrogens with zero attached hydrogens (tertiary/aromatic N) is 1. The highest BCUT2D eigenvalue weighted by Crippen LogP contribution is 2.21. The van der Waals surface area contributed by atoms with Crippen LogP contribution in [0.3, 0.4) is 0 Å². The molecular weight excluding hydrogens is 505 g/mol. The van der Waals surface area contributed by atoms with Crippen LogP contribution in [0.25, 0.3) is 0 Å². The monoisotopic (exact) mass is 531 g/mol. The van der Waals surface area contributed by atoms with Gasteiger partial charge in [0.15, 0.2) is 5.96 Å². The van der Waals surface area contributed by atoms with Crippen molar-refractivity contribution in [3.63, 3.8) is 0 Å². The highest BCUT2D eigenvalue weighted by molar-refractivity contribution is 14.0. The lowest BCUT2D eigenvalue weighted by Crippen LogP contribution is -2.39. The Hall–Kier alpha value is 0.1000. The largest absolute Gasteiger partial charge is 0.381 e. The minimum Gasteiger partial charge on any atom is -0.381 e. The van der Waals surface area contributed by atoms with Crippen LogP contribution in [0.15, 0.2) is 20.9 Å². The SMILES string of the molecule is CN=C(NCCCOCC1CCOC1)NCCc1ccc(Br)s1.I. The molecule has 2 heterocycles. The summed E-state index contributed by atoms with van der Waals surface area (Å²) >= 11 is 5.26. The fraction of sp³-hybridized carbons (Fsp3) is 0.688. The Bertz CT molecular complexity index is 482. The zero-order chi connectivity index (χ0) is 16.3. The molecule has 1 aromatic rings. The van der Waals surface area contributed by atoms with Crippen molar-refractivity contribution in [2.24, 2.45) is 10.9 Å². The van der Waals surface area contributed by atoms with E-state index in [0.717, 1.165) is 64.7 Å². The van der Waals surface area contributed by atoms with Gasteiger partial charge in [-0.05, 0) is 47.3 Å². The van der Waals surface area contributed by atoms with Gasteiger partial charge in [-0.2, -0.15) is 0 Å². The number of thiophene rings is 1. The van der Waals surface area contributed by atoms with Gasteiger partial charge in [-0.25, -0.2) is 0 Å². The van der Waals surface area contributed by atoms with E-state index in [0.29, 0.717) is 5.92 Å². The smallest absolute Gasteiger partial charge is 0.190 e. The Labute approximate surface area is 174 Å². The van der Waals surface area contributed by atoms with Gasteiger partial charge in [0.1, 0.15) is 0 Å². The van der Waals surface area contributed by atoms with Gasteiger partial charge in [-0.15, -0.1) is 35.3 Å². The quantitative estimate of drug-likeness (QED) is 0.222. The topological polar surface area (TPSA) is 54.9 Å². The molecule has 1 aliphatic heterocycles. The van der Waals surface area contributed by atoms with Crippen molar-refractivity contribution in [3.8, 4) is 0 Å². The third-order valence-electron chi connectivity index (χ3n) is 3.65. The number of rotatable bonds is 9. The van der Waals surface area contributed by atoms with Crippen molar-refractivity contribution in [3.05, 3.63) is 20.8 Å². The summed E-state index contributed by atoms with van der Waals surface area (Å²) in [6.45, 7) is 5.10. The number of hydrogen-bond acceptors (Lipinski definition) is 4. The predicted molar refractivity (Wildman–Crippen MR) is 115 cm³/mol. The zero-order valence-corrected chi connectivity index (χ0v) is 18.8. The van der Waals surface area contributed by atoms with Gasteiger partial charge in [0.2, 0.25) is 0 Å². The number of ether oxygens (including phenoxy) is 2. The molecule has 1 unspecified atom stereocenters. The maximum Gasteiger partial charge on any atom is 0.190 e. The molecule has 1 aromatic heterocycles. The molecule has 0 radical (unpaired) electrons. The summed E-state index contributed by atoms with van der Waals surface area (Å²) in [5, 5.41) is 6.65. The third kappa shape index (κ3) is 8.98. The third-order valence-corrected chi connectivity index (χ3v) is 5.34. The van der Waals surface area contributed by atoms with E-state index in [4.69, 9.17) is 9.47 Å². The van der Waals surface area contributed by atoms with Crippen LogP contribution in [0.1, 0.15) is 17.7 Å². The van der Waals surface area contributed by atoms with Crippen LogP contribution in [0.2, 0.25) is 0 Å². The van der Waals surface area contributed by atoms with Crippen molar-refractivity contribution in [2.45, 2.75) is 19.3 Å². The average Bonchev–Trinajstić information content (AvgIpc) is 3.20. The average molecular weight is 532 g/mol. The van der Waals surface area contributed by atoms with Crippen LogP contribution in [-0.4, -0.2) is 52.5 Å². The minimum absolute atomic E-state index is 0. The van der Waals surface area contributed by atoms with Crippen LogP contribution >= 0.6 is 51.2 Å². The molecule has 8 heteroatoms. The minimum atomic E-state index is 0. The Morgan fingerprint density at radius 1 is 1.42 bits per heavy atom. The second-order valence-corrected chi connectivity index (χ2v) is 8.09. The summed E-state index contributed by atoms with van der Waals surface area (Å²) in [5.41, 5.74) is 0. The highest BCUT2D eigenvalue weighted by Gasteiger charge is 2.15. The molecule has 5 nitrogen and oxygen atoms in total. The van der Waals surface area contributed by atoms with Crippen LogP contribution in [0, 0.1) is 5.92 Å². The van der Waals surface area contributed by atoms with Crippen LogP contribution in [0.4, 0.5) is 0 Å². The van der Waals surface area contributed by atoms with Crippen LogP contribution in [0.5, 0.6) is 0 Å². The normalized spacial score (nSPS) is 17.6. The van der Waals surface area contributed by atoms with E-state index in [9.17, 15) is 0 Å². The second-order valence-electron chi connectivity index (χ2n) is 5.54. The predicted octanol–water partition coefficient (Wildman–Crippen LogP) is 3.28. The molecule has 0 bridgehead atoms. The van der Waals surface area contributed by atoms with Crippen LogP contribution < -0.4 is 10.6 Å². The summed E-state index contributed by atoms with van der Waals surface area (Å²) in [6.07, 6.45) is 3.12. The first kappa shape index (κ1) is 22.1. The first-order valence-corrected chi connectivity index (χ1v) is 9.73. The lowest BCUT2D eigenvalue weighted by atomic mass is 10.1. The molecule has 1 saturated heterocycles. The zero-order valence-electron chi connectivity index (χ0n) is 14.1. The Kier molecular flexibility index (Phi) is 12.3. The Morgan fingerprint density at radius 2 is 2.25 bits per heavy atom. The van der Waals surface area contributed by atoms with Crippen molar-refractivity contribution < 1.29 is 9.47 Å². The summed E-state index contributed by atoms with van der Waals surface area (Å²) in [6, 6.07) is 4.24. The lowest BCUT2D eigenvalue weighted by Gasteiger charge is -2.12. The molecule has 2 rings (SSSR count). The summed E-state index contributed by atoms with van der Waals surface area (Å²) in [7, 11) is 1.80. The Morgan fingerprint density at radius 3 is 2.92 bits per heavy atom. The molecular formula is C16H27BrIN3O2S. The lowest BCUT2D eigenvalue weighted by molar-refractivity contribution is 0.0888.